The molecule has 0 aliphatic rings. The summed E-state index contributed by atoms with van der Waals surface area (Å²) in [6.07, 6.45) is 2.07. The SMILES string of the molecule is BrCc1ccn(C(c2ccccc2)(c2ccccc2)c2ccccc2)n1. The Labute approximate surface area is 162 Å². The smallest absolute Gasteiger partial charge is 0.137 e. The first-order valence-corrected chi connectivity index (χ1v) is 9.75. The van der Waals surface area contributed by atoms with Crippen molar-refractivity contribution >= 4 is 15.9 Å². The topological polar surface area (TPSA) is 17.8 Å². The van der Waals surface area contributed by atoms with E-state index in [0.29, 0.717) is 0 Å². The van der Waals surface area contributed by atoms with E-state index in [1.807, 2.05) is 0 Å². The maximum Gasteiger partial charge on any atom is 0.137 e. The van der Waals surface area contributed by atoms with E-state index < -0.39 is 5.54 Å². The standard InChI is InChI=1S/C23H19BrN2/c24-18-22-16-17-26(25-22)23(19-10-4-1-5-11-19,20-12-6-2-7-13-20)21-14-8-3-9-15-21/h1-17H,18H2. The molecule has 3 aromatic carbocycles. The number of halogens is 1. The second kappa shape index (κ2) is 7.30. The lowest BCUT2D eigenvalue weighted by atomic mass is 9.77. The van der Waals surface area contributed by atoms with Crippen molar-refractivity contribution < 1.29 is 0 Å². The van der Waals surface area contributed by atoms with Crippen molar-refractivity contribution in [3.8, 4) is 0 Å². The molecule has 4 aromatic rings. The fourth-order valence-electron chi connectivity index (χ4n) is 3.55. The van der Waals surface area contributed by atoms with E-state index in [9.17, 15) is 0 Å². The molecule has 0 spiro atoms. The summed E-state index contributed by atoms with van der Waals surface area (Å²) in [4.78, 5) is 0. The minimum absolute atomic E-state index is 0.524. The third-order valence-electron chi connectivity index (χ3n) is 4.70. The van der Waals surface area contributed by atoms with E-state index in [1.54, 1.807) is 0 Å². The fraction of sp³-hybridized carbons (Fsp3) is 0.0870. The molecule has 1 heterocycles. The van der Waals surface area contributed by atoms with Crippen molar-refractivity contribution in [3.63, 3.8) is 0 Å². The molecule has 0 unspecified atom stereocenters. The lowest BCUT2D eigenvalue weighted by Crippen LogP contribution is -2.38. The highest BCUT2D eigenvalue weighted by Gasteiger charge is 2.39. The number of aromatic nitrogens is 2. The number of nitrogens with zero attached hydrogens (tertiary/aromatic N) is 2. The minimum Gasteiger partial charge on any atom is -0.253 e. The lowest BCUT2D eigenvalue weighted by Gasteiger charge is -2.36. The van der Waals surface area contributed by atoms with E-state index in [0.717, 1.165) is 11.0 Å². The van der Waals surface area contributed by atoms with Crippen LogP contribution in [-0.2, 0) is 10.9 Å². The van der Waals surface area contributed by atoms with Crippen LogP contribution in [0.25, 0.3) is 0 Å². The van der Waals surface area contributed by atoms with Crippen LogP contribution < -0.4 is 0 Å². The van der Waals surface area contributed by atoms with Crippen LogP contribution in [0.3, 0.4) is 0 Å². The van der Waals surface area contributed by atoms with Crippen molar-refractivity contribution in [2.45, 2.75) is 10.9 Å². The Morgan fingerprint density at radius 3 is 1.42 bits per heavy atom. The lowest BCUT2D eigenvalue weighted by molar-refractivity contribution is 0.457. The summed E-state index contributed by atoms with van der Waals surface area (Å²) in [6.45, 7) is 0. The molecule has 0 atom stereocenters. The molecule has 0 saturated carbocycles. The molecule has 0 radical (unpaired) electrons. The van der Waals surface area contributed by atoms with Gasteiger partial charge in [-0.1, -0.05) is 107 Å². The number of hydrogen-bond donors (Lipinski definition) is 0. The van der Waals surface area contributed by atoms with Crippen molar-refractivity contribution in [2.24, 2.45) is 0 Å². The number of rotatable bonds is 5. The summed E-state index contributed by atoms with van der Waals surface area (Å²) in [5, 5.41) is 5.63. The summed E-state index contributed by atoms with van der Waals surface area (Å²) in [6, 6.07) is 33.8. The van der Waals surface area contributed by atoms with Crippen LogP contribution in [0.1, 0.15) is 22.4 Å². The Morgan fingerprint density at radius 1 is 0.654 bits per heavy atom. The monoisotopic (exact) mass is 402 g/mol. The molecule has 26 heavy (non-hydrogen) atoms. The Morgan fingerprint density at radius 2 is 1.08 bits per heavy atom. The Bertz CT molecular complexity index is 866. The average Bonchev–Trinajstić information content (AvgIpc) is 3.21. The summed E-state index contributed by atoms with van der Waals surface area (Å²) in [7, 11) is 0. The van der Waals surface area contributed by atoms with Gasteiger partial charge in [0, 0.05) is 11.5 Å². The Kier molecular flexibility index (Phi) is 4.72. The van der Waals surface area contributed by atoms with Crippen molar-refractivity contribution in [1.29, 1.82) is 0 Å². The van der Waals surface area contributed by atoms with Crippen LogP contribution in [0.4, 0.5) is 0 Å². The zero-order valence-electron chi connectivity index (χ0n) is 14.3. The highest BCUT2D eigenvalue weighted by Crippen LogP contribution is 2.40. The predicted molar refractivity (Wildman–Crippen MR) is 109 cm³/mol. The zero-order chi connectivity index (χ0) is 17.8. The molecular formula is C23H19BrN2. The summed E-state index contributed by atoms with van der Waals surface area (Å²) in [5.41, 5.74) is 4.03. The van der Waals surface area contributed by atoms with E-state index >= 15 is 0 Å². The van der Waals surface area contributed by atoms with Crippen LogP contribution in [0, 0.1) is 0 Å². The molecule has 0 bridgehead atoms. The summed E-state index contributed by atoms with van der Waals surface area (Å²) in [5.74, 6) is 0. The van der Waals surface area contributed by atoms with Crippen LogP contribution in [-0.4, -0.2) is 9.78 Å². The molecule has 0 amide bonds. The Balaban J connectivity index is 2.10. The molecular weight excluding hydrogens is 384 g/mol. The zero-order valence-corrected chi connectivity index (χ0v) is 15.9. The summed E-state index contributed by atoms with van der Waals surface area (Å²) < 4.78 is 2.09. The number of hydrogen-bond acceptors (Lipinski definition) is 1. The Hall–Kier alpha value is -2.65. The molecule has 0 N–H and O–H groups in total. The van der Waals surface area contributed by atoms with Crippen molar-refractivity contribution in [2.75, 3.05) is 0 Å². The van der Waals surface area contributed by atoms with E-state index in [4.69, 9.17) is 5.10 Å². The van der Waals surface area contributed by atoms with Crippen LogP contribution in [0.15, 0.2) is 103 Å². The maximum absolute atomic E-state index is 4.90. The molecule has 3 heteroatoms. The molecule has 4 rings (SSSR count). The summed E-state index contributed by atoms with van der Waals surface area (Å²) >= 11 is 3.53. The molecule has 2 nitrogen and oxygen atoms in total. The third-order valence-corrected chi connectivity index (χ3v) is 5.27. The van der Waals surface area contributed by atoms with Gasteiger partial charge in [0.15, 0.2) is 0 Å². The van der Waals surface area contributed by atoms with Gasteiger partial charge < -0.3 is 0 Å². The van der Waals surface area contributed by atoms with Gasteiger partial charge in [-0.3, -0.25) is 4.68 Å². The van der Waals surface area contributed by atoms with Gasteiger partial charge >= 0.3 is 0 Å². The molecule has 0 aliphatic heterocycles. The molecule has 0 fully saturated rings. The fourth-order valence-corrected chi connectivity index (χ4v) is 3.85. The van der Waals surface area contributed by atoms with Gasteiger partial charge in [0.1, 0.15) is 5.54 Å². The van der Waals surface area contributed by atoms with Gasteiger partial charge in [-0.05, 0) is 22.8 Å². The minimum atomic E-state index is -0.524. The highest BCUT2D eigenvalue weighted by atomic mass is 79.9. The quantitative estimate of drug-likeness (QED) is 0.313. The first-order valence-electron chi connectivity index (χ1n) is 8.63. The van der Waals surface area contributed by atoms with E-state index in [1.165, 1.54) is 16.7 Å². The van der Waals surface area contributed by atoms with Crippen LogP contribution >= 0.6 is 15.9 Å². The van der Waals surface area contributed by atoms with Gasteiger partial charge in [-0.25, -0.2) is 0 Å². The van der Waals surface area contributed by atoms with Gasteiger partial charge in [0.25, 0.3) is 0 Å². The number of benzene rings is 3. The highest BCUT2D eigenvalue weighted by molar-refractivity contribution is 9.08. The van der Waals surface area contributed by atoms with Gasteiger partial charge in [0.05, 0.1) is 5.69 Å². The second-order valence-electron chi connectivity index (χ2n) is 6.19. The van der Waals surface area contributed by atoms with Crippen molar-refractivity contribution in [3.05, 3.63) is 126 Å². The predicted octanol–water partition coefficient (Wildman–Crippen LogP) is 5.62. The first-order chi connectivity index (χ1) is 12.9. The van der Waals surface area contributed by atoms with Crippen molar-refractivity contribution in [1.82, 2.24) is 9.78 Å². The first kappa shape index (κ1) is 16.8. The maximum atomic E-state index is 4.90. The van der Waals surface area contributed by atoms with Gasteiger partial charge in [-0.2, -0.15) is 5.10 Å². The van der Waals surface area contributed by atoms with Crippen LogP contribution in [0.2, 0.25) is 0 Å². The van der Waals surface area contributed by atoms with E-state index in [-0.39, 0.29) is 0 Å². The van der Waals surface area contributed by atoms with E-state index in [2.05, 4.69) is 124 Å². The normalized spacial score (nSPS) is 11.4. The van der Waals surface area contributed by atoms with Crippen LogP contribution in [0.5, 0.6) is 0 Å². The van der Waals surface area contributed by atoms with Gasteiger partial charge in [-0.15, -0.1) is 0 Å². The largest absolute Gasteiger partial charge is 0.253 e. The average molecular weight is 403 g/mol. The molecule has 128 valence electrons. The third kappa shape index (κ3) is 2.78. The van der Waals surface area contributed by atoms with Gasteiger partial charge in [0.2, 0.25) is 0 Å². The molecule has 0 aliphatic carbocycles. The number of alkyl halides is 1. The second-order valence-corrected chi connectivity index (χ2v) is 6.75. The molecule has 1 aromatic heterocycles. The molecule has 0 saturated heterocycles.